The first-order valence-electron chi connectivity index (χ1n) is 9.98. The number of benzene rings is 2. The van der Waals surface area contributed by atoms with Gasteiger partial charge in [0.25, 0.3) is 11.1 Å². The minimum absolute atomic E-state index is 0.000273. The van der Waals surface area contributed by atoms with Crippen LogP contribution in [0.3, 0.4) is 0 Å². The van der Waals surface area contributed by atoms with E-state index in [4.69, 9.17) is 0 Å². The van der Waals surface area contributed by atoms with Crippen molar-refractivity contribution in [2.45, 2.75) is 18.9 Å². The fourth-order valence-corrected chi connectivity index (χ4v) is 3.91. The lowest BCUT2D eigenvalue weighted by Crippen LogP contribution is -2.41. The van der Waals surface area contributed by atoms with Crippen LogP contribution in [0.25, 0.3) is 6.08 Å². The van der Waals surface area contributed by atoms with Gasteiger partial charge in [0.1, 0.15) is 0 Å². The molecule has 160 valence electrons. The molecule has 0 bridgehead atoms. The Morgan fingerprint density at radius 1 is 1.06 bits per heavy atom. The summed E-state index contributed by atoms with van der Waals surface area (Å²) in [7, 11) is 0. The predicted molar refractivity (Wildman–Crippen MR) is 122 cm³/mol. The molecule has 3 rings (SSSR count). The van der Waals surface area contributed by atoms with Gasteiger partial charge in [-0.2, -0.15) is 0 Å². The molecular weight excluding hydrogens is 412 g/mol. The van der Waals surface area contributed by atoms with E-state index in [1.54, 1.807) is 12.2 Å². The zero-order chi connectivity index (χ0) is 22.1. The minimum Gasteiger partial charge on any atom is -0.394 e. The number of rotatable bonds is 9. The zero-order valence-electron chi connectivity index (χ0n) is 16.9. The van der Waals surface area contributed by atoms with Crippen LogP contribution in [-0.4, -0.2) is 46.3 Å². The average molecular weight is 437 g/mol. The number of thioether (sulfide) groups is 1. The first-order valence-corrected chi connectivity index (χ1v) is 10.8. The highest BCUT2D eigenvalue weighted by Gasteiger charge is 2.34. The third-order valence-corrected chi connectivity index (χ3v) is 5.61. The standard InChI is InChI=1S/C24H24N2O4S/c27-17-20(16-19-10-5-2-6-11-19)25-22(28)14-15-26-23(29)21(31-24(26)30)13-7-12-18-8-3-1-4-9-18/h1-13,20,27H,14-17H2,(H,25,28)/b12-7+,21-13-/t20-/m0/s1. The number of allylic oxidation sites excluding steroid dienone is 2. The van der Waals surface area contributed by atoms with Crippen molar-refractivity contribution in [2.75, 3.05) is 13.2 Å². The van der Waals surface area contributed by atoms with Crippen molar-refractivity contribution >= 4 is 34.9 Å². The lowest BCUT2D eigenvalue weighted by Gasteiger charge is -2.18. The molecule has 0 aliphatic carbocycles. The SMILES string of the molecule is O=C(CCN1C(=O)S/C(=C\C=C\c2ccccc2)C1=O)N[C@H](CO)Cc1ccccc1. The van der Waals surface area contributed by atoms with E-state index < -0.39 is 11.9 Å². The number of imide groups is 1. The van der Waals surface area contributed by atoms with E-state index in [1.807, 2.05) is 66.7 Å². The summed E-state index contributed by atoms with van der Waals surface area (Å²) in [4.78, 5) is 38.4. The van der Waals surface area contributed by atoms with Crippen molar-refractivity contribution in [3.8, 4) is 0 Å². The van der Waals surface area contributed by atoms with Crippen LogP contribution >= 0.6 is 11.8 Å². The summed E-state index contributed by atoms with van der Waals surface area (Å²) in [6.45, 7) is -0.196. The van der Waals surface area contributed by atoms with Crippen molar-refractivity contribution < 1.29 is 19.5 Å². The summed E-state index contributed by atoms with van der Waals surface area (Å²) < 4.78 is 0. The van der Waals surface area contributed by atoms with E-state index >= 15 is 0 Å². The second-order valence-corrected chi connectivity index (χ2v) is 8.01. The molecule has 0 spiro atoms. The van der Waals surface area contributed by atoms with Gasteiger partial charge in [-0.1, -0.05) is 72.8 Å². The molecule has 2 aromatic rings. The molecule has 7 heteroatoms. The number of nitrogens with zero attached hydrogens (tertiary/aromatic N) is 1. The summed E-state index contributed by atoms with van der Waals surface area (Å²) >= 11 is 0.864. The van der Waals surface area contributed by atoms with Gasteiger partial charge >= 0.3 is 0 Å². The van der Waals surface area contributed by atoms with Crippen LogP contribution in [0, 0.1) is 0 Å². The van der Waals surface area contributed by atoms with E-state index in [2.05, 4.69) is 5.32 Å². The fourth-order valence-electron chi connectivity index (χ4n) is 3.09. The number of aliphatic hydroxyl groups is 1. The van der Waals surface area contributed by atoms with E-state index in [0.29, 0.717) is 11.3 Å². The Morgan fingerprint density at radius 2 is 1.74 bits per heavy atom. The molecule has 1 heterocycles. The van der Waals surface area contributed by atoms with Crippen molar-refractivity contribution in [2.24, 2.45) is 0 Å². The van der Waals surface area contributed by atoms with Gasteiger partial charge in [0.05, 0.1) is 17.6 Å². The monoisotopic (exact) mass is 436 g/mol. The molecule has 1 aliphatic rings. The highest BCUT2D eigenvalue weighted by Crippen LogP contribution is 2.30. The number of carbonyl (C=O) groups excluding carboxylic acids is 3. The number of hydrogen-bond acceptors (Lipinski definition) is 5. The van der Waals surface area contributed by atoms with Crippen LogP contribution in [0.2, 0.25) is 0 Å². The highest BCUT2D eigenvalue weighted by atomic mass is 32.2. The van der Waals surface area contributed by atoms with Crippen LogP contribution in [0.5, 0.6) is 0 Å². The number of nitrogens with one attached hydrogen (secondary N) is 1. The maximum atomic E-state index is 12.5. The lowest BCUT2D eigenvalue weighted by atomic mass is 10.1. The van der Waals surface area contributed by atoms with Gasteiger partial charge in [-0.15, -0.1) is 0 Å². The van der Waals surface area contributed by atoms with Gasteiger partial charge in [-0.3, -0.25) is 19.3 Å². The number of carbonyl (C=O) groups is 3. The molecule has 31 heavy (non-hydrogen) atoms. The van der Waals surface area contributed by atoms with Crippen LogP contribution in [-0.2, 0) is 16.0 Å². The maximum Gasteiger partial charge on any atom is 0.293 e. The summed E-state index contributed by atoms with van der Waals surface area (Å²) in [6.07, 6.45) is 5.68. The van der Waals surface area contributed by atoms with Gasteiger partial charge in [0, 0.05) is 13.0 Å². The number of amides is 3. The van der Waals surface area contributed by atoms with Crippen LogP contribution in [0.15, 0.2) is 77.7 Å². The Kier molecular flexibility index (Phi) is 8.20. The van der Waals surface area contributed by atoms with Crippen LogP contribution in [0.4, 0.5) is 4.79 Å². The normalized spacial score (nSPS) is 16.3. The van der Waals surface area contributed by atoms with Crippen molar-refractivity contribution in [1.29, 1.82) is 0 Å². The first-order chi connectivity index (χ1) is 15.1. The summed E-state index contributed by atoms with van der Waals surface area (Å²) in [5, 5.41) is 11.9. The van der Waals surface area contributed by atoms with Crippen molar-refractivity contribution in [3.05, 3.63) is 88.8 Å². The summed E-state index contributed by atoms with van der Waals surface area (Å²) in [5.74, 6) is -0.717. The molecule has 1 fully saturated rings. The minimum atomic E-state index is -0.423. The summed E-state index contributed by atoms with van der Waals surface area (Å²) in [6, 6.07) is 18.7. The predicted octanol–water partition coefficient (Wildman–Crippen LogP) is 3.39. The fraction of sp³-hybridized carbons (Fsp3) is 0.208. The van der Waals surface area contributed by atoms with E-state index in [9.17, 15) is 19.5 Å². The molecule has 1 saturated heterocycles. The van der Waals surface area contributed by atoms with Gasteiger partial charge in [-0.05, 0) is 35.4 Å². The van der Waals surface area contributed by atoms with Crippen LogP contribution < -0.4 is 5.32 Å². The Labute approximate surface area is 185 Å². The number of hydrogen-bond donors (Lipinski definition) is 2. The molecule has 6 nitrogen and oxygen atoms in total. The molecule has 1 aliphatic heterocycles. The van der Waals surface area contributed by atoms with Crippen molar-refractivity contribution in [1.82, 2.24) is 10.2 Å². The molecule has 2 N–H and O–H groups in total. The molecule has 0 unspecified atom stereocenters. The van der Waals surface area contributed by atoms with Gasteiger partial charge < -0.3 is 10.4 Å². The summed E-state index contributed by atoms with van der Waals surface area (Å²) in [5.41, 5.74) is 1.99. The van der Waals surface area contributed by atoms with Crippen LogP contribution in [0.1, 0.15) is 17.5 Å². The highest BCUT2D eigenvalue weighted by molar-refractivity contribution is 8.18. The maximum absolute atomic E-state index is 12.5. The Morgan fingerprint density at radius 3 is 2.42 bits per heavy atom. The topological polar surface area (TPSA) is 86.7 Å². The first kappa shape index (κ1) is 22.5. The molecule has 0 aromatic heterocycles. The Balaban J connectivity index is 1.50. The molecular formula is C24H24N2O4S. The molecule has 0 radical (unpaired) electrons. The average Bonchev–Trinajstić information content (AvgIpc) is 3.05. The molecule has 0 saturated carbocycles. The lowest BCUT2D eigenvalue weighted by molar-refractivity contribution is -0.124. The molecule has 1 atom stereocenters. The zero-order valence-corrected chi connectivity index (χ0v) is 17.8. The third-order valence-electron chi connectivity index (χ3n) is 4.68. The number of aliphatic hydroxyl groups excluding tert-OH is 1. The van der Waals surface area contributed by atoms with E-state index in [0.717, 1.165) is 27.8 Å². The Bertz CT molecular complexity index is 974. The largest absolute Gasteiger partial charge is 0.394 e. The smallest absolute Gasteiger partial charge is 0.293 e. The second kappa shape index (κ2) is 11.3. The van der Waals surface area contributed by atoms with E-state index in [-0.39, 0.29) is 30.7 Å². The Hall–Kier alpha value is -3.16. The molecule has 3 amide bonds. The second-order valence-electron chi connectivity index (χ2n) is 7.01. The van der Waals surface area contributed by atoms with Gasteiger partial charge in [0.15, 0.2) is 0 Å². The van der Waals surface area contributed by atoms with Gasteiger partial charge in [-0.25, -0.2) is 0 Å². The van der Waals surface area contributed by atoms with Gasteiger partial charge in [0.2, 0.25) is 5.91 Å². The molecule has 2 aromatic carbocycles. The van der Waals surface area contributed by atoms with E-state index in [1.165, 1.54) is 0 Å². The van der Waals surface area contributed by atoms with Crippen molar-refractivity contribution in [3.63, 3.8) is 0 Å². The quantitative estimate of drug-likeness (QED) is 0.589. The third kappa shape index (κ3) is 6.67.